The van der Waals surface area contributed by atoms with Crippen molar-refractivity contribution in [1.29, 1.82) is 0 Å². The molecule has 3 N–H and O–H groups in total. The minimum Gasteiger partial charge on any atom is -0.481 e. The molecule has 8 nitrogen and oxygen atoms in total. The third-order valence-corrected chi connectivity index (χ3v) is 3.86. The van der Waals surface area contributed by atoms with Gasteiger partial charge in [-0.1, -0.05) is 6.92 Å². The van der Waals surface area contributed by atoms with E-state index >= 15 is 0 Å². The Bertz CT molecular complexity index is 415. The van der Waals surface area contributed by atoms with E-state index in [9.17, 15) is 19.5 Å². The molecule has 1 aliphatic heterocycles. The van der Waals surface area contributed by atoms with Crippen molar-refractivity contribution in [3.8, 4) is 0 Å². The lowest BCUT2D eigenvalue weighted by molar-refractivity contribution is -0.147. The first-order valence-electron chi connectivity index (χ1n) is 6.93. The smallest absolute Gasteiger partial charge is 0.318 e. The number of carbonyl (C=O) groups excluding carboxylic acids is 2. The van der Waals surface area contributed by atoms with Crippen molar-refractivity contribution in [3.05, 3.63) is 0 Å². The largest absolute Gasteiger partial charge is 0.481 e. The highest BCUT2D eigenvalue weighted by molar-refractivity contribution is 5.87. The zero-order valence-corrected chi connectivity index (χ0v) is 12.6. The van der Waals surface area contributed by atoms with E-state index in [1.165, 1.54) is 11.9 Å². The Labute approximate surface area is 123 Å². The fourth-order valence-electron chi connectivity index (χ4n) is 1.95. The van der Waals surface area contributed by atoms with E-state index in [-0.39, 0.29) is 19.1 Å². The van der Waals surface area contributed by atoms with Crippen molar-refractivity contribution in [2.24, 2.45) is 5.41 Å². The van der Waals surface area contributed by atoms with Crippen molar-refractivity contribution in [2.45, 2.75) is 26.3 Å². The van der Waals surface area contributed by atoms with Crippen LogP contribution in [0.25, 0.3) is 0 Å². The average molecular weight is 301 g/mol. The maximum Gasteiger partial charge on any atom is 0.318 e. The molecule has 0 aliphatic carbocycles. The maximum absolute atomic E-state index is 12.2. The number of morpholine rings is 1. The number of hydrogen-bond acceptors (Lipinski definition) is 4. The van der Waals surface area contributed by atoms with Gasteiger partial charge in [-0.3, -0.25) is 9.59 Å². The lowest BCUT2D eigenvalue weighted by Crippen LogP contribution is -2.58. The first kappa shape index (κ1) is 17.2. The fourth-order valence-corrected chi connectivity index (χ4v) is 1.95. The molecule has 1 heterocycles. The molecule has 0 radical (unpaired) electrons. The van der Waals surface area contributed by atoms with Gasteiger partial charge in [-0.25, -0.2) is 4.79 Å². The molecule has 1 saturated heterocycles. The van der Waals surface area contributed by atoms with Gasteiger partial charge in [0.2, 0.25) is 5.91 Å². The number of carboxylic acids is 1. The van der Waals surface area contributed by atoms with Crippen molar-refractivity contribution in [2.75, 3.05) is 33.4 Å². The molecule has 0 aromatic carbocycles. The van der Waals surface area contributed by atoms with Crippen molar-refractivity contribution >= 4 is 17.9 Å². The van der Waals surface area contributed by atoms with E-state index in [2.05, 4.69) is 10.6 Å². The lowest BCUT2D eigenvalue weighted by atomic mass is 9.88. The van der Waals surface area contributed by atoms with Crippen LogP contribution in [0.4, 0.5) is 4.79 Å². The zero-order valence-electron chi connectivity index (χ0n) is 12.6. The van der Waals surface area contributed by atoms with Crippen LogP contribution in [0.3, 0.4) is 0 Å². The van der Waals surface area contributed by atoms with Gasteiger partial charge in [0.25, 0.3) is 0 Å². The van der Waals surface area contributed by atoms with Crippen LogP contribution in [0.15, 0.2) is 0 Å². The summed E-state index contributed by atoms with van der Waals surface area (Å²) in [4.78, 5) is 36.5. The van der Waals surface area contributed by atoms with Gasteiger partial charge in [-0.05, 0) is 13.3 Å². The van der Waals surface area contributed by atoms with Gasteiger partial charge in [0, 0.05) is 20.1 Å². The van der Waals surface area contributed by atoms with Gasteiger partial charge >= 0.3 is 12.0 Å². The number of likely N-dealkylation sites (N-methyl/N-ethyl adjacent to an activating group) is 1. The summed E-state index contributed by atoms with van der Waals surface area (Å²) >= 11 is 0. The van der Waals surface area contributed by atoms with Crippen LogP contribution in [0, 0.1) is 5.41 Å². The van der Waals surface area contributed by atoms with Gasteiger partial charge in [0.15, 0.2) is 0 Å². The highest BCUT2D eigenvalue weighted by Crippen LogP contribution is 2.20. The number of ether oxygens (including phenoxy) is 1. The van der Waals surface area contributed by atoms with E-state index in [1.54, 1.807) is 13.8 Å². The Morgan fingerprint density at radius 1 is 1.43 bits per heavy atom. The van der Waals surface area contributed by atoms with Gasteiger partial charge in [-0.15, -0.1) is 0 Å². The topological polar surface area (TPSA) is 108 Å². The SMILES string of the molecule is CCC(C)(CNC(=O)N1CCOCC1C(=O)NC)C(=O)O. The Kier molecular flexibility index (Phi) is 5.95. The van der Waals surface area contributed by atoms with E-state index in [0.29, 0.717) is 19.6 Å². The first-order chi connectivity index (χ1) is 9.85. The third-order valence-electron chi connectivity index (χ3n) is 3.86. The monoisotopic (exact) mass is 301 g/mol. The van der Waals surface area contributed by atoms with E-state index in [0.717, 1.165) is 0 Å². The van der Waals surface area contributed by atoms with Gasteiger partial charge in [0.05, 0.1) is 18.6 Å². The molecule has 3 amide bonds. The summed E-state index contributed by atoms with van der Waals surface area (Å²) in [5.41, 5.74) is -1.02. The third kappa shape index (κ3) is 4.07. The normalized spacial score (nSPS) is 21.3. The fraction of sp³-hybridized carbons (Fsp3) is 0.769. The summed E-state index contributed by atoms with van der Waals surface area (Å²) in [5, 5.41) is 14.3. The minimum atomic E-state index is -1.02. The number of amides is 3. The van der Waals surface area contributed by atoms with Gasteiger partial charge in [-0.2, -0.15) is 0 Å². The summed E-state index contributed by atoms with van der Waals surface area (Å²) in [6.45, 7) is 4.12. The van der Waals surface area contributed by atoms with Crippen LogP contribution >= 0.6 is 0 Å². The maximum atomic E-state index is 12.2. The molecule has 0 bridgehead atoms. The van der Waals surface area contributed by atoms with Crippen molar-refractivity contribution in [3.63, 3.8) is 0 Å². The van der Waals surface area contributed by atoms with Crippen molar-refractivity contribution < 1.29 is 24.2 Å². The second-order valence-corrected chi connectivity index (χ2v) is 5.28. The standard InChI is InChI=1S/C13H23N3O5/c1-4-13(2,11(18)19)8-15-12(20)16-5-6-21-7-9(16)10(17)14-3/h9H,4-8H2,1-3H3,(H,14,17)(H,15,20)(H,18,19). The molecule has 1 rings (SSSR count). The Balaban J connectivity index is 2.68. The molecule has 2 unspecified atom stereocenters. The predicted octanol–water partition coefficient (Wildman–Crippen LogP) is -0.356. The average Bonchev–Trinajstić information content (AvgIpc) is 2.51. The number of nitrogens with one attached hydrogen (secondary N) is 2. The second kappa shape index (κ2) is 7.26. The molecule has 2 atom stereocenters. The lowest BCUT2D eigenvalue weighted by Gasteiger charge is -2.35. The Morgan fingerprint density at radius 3 is 2.62 bits per heavy atom. The number of hydrogen-bond donors (Lipinski definition) is 3. The quantitative estimate of drug-likeness (QED) is 0.643. The highest BCUT2D eigenvalue weighted by Gasteiger charge is 2.35. The summed E-state index contributed by atoms with van der Waals surface area (Å²) in [6.07, 6.45) is 0.393. The van der Waals surface area contributed by atoms with E-state index < -0.39 is 23.5 Å². The molecule has 1 aliphatic rings. The summed E-state index contributed by atoms with van der Waals surface area (Å²) < 4.78 is 5.21. The Morgan fingerprint density at radius 2 is 2.10 bits per heavy atom. The molecule has 0 aromatic rings. The van der Waals surface area contributed by atoms with Gasteiger partial charge < -0.3 is 25.4 Å². The molecule has 0 aromatic heterocycles. The molecule has 1 fully saturated rings. The molecular formula is C13H23N3O5. The van der Waals surface area contributed by atoms with Crippen molar-refractivity contribution in [1.82, 2.24) is 15.5 Å². The number of carbonyl (C=O) groups is 3. The van der Waals surface area contributed by atoms with E-state index in [4.69, 9.17) is 4.74 Å². The molecule has 120 valence electrons. The molecule has 0 saturated carbocycles. The second-order valence-electron chi connectivity index (χ2n) is 5.28. The molecule has 8 heteroatoms. The molecule has 0 spiro atoms. The summed E-state index contributed by atoms with van der Waals surface area (Å²) in [6, 6.07) is -1.14. The van der Waals surface area contributed by atoms with Crippen LogP contribution in [0.2, 0.25) is 0 Å². The minimum absolute atomic E-state index is 0.00941. The highest BCUT2D eigenvalue weighted by atomic mass is 16.5. The van der Waals surface area contributed by atoms with Gasteiger partial charge in [0.1, 0.15) is 6.04 Å². The predicted molar refractivity (Wildman–Crippen MR) is 74.8 cm³/mol. The molecule has 21 heavy (non-hydrogen) atoms. The van der Waals surface area contributed by atoms with Crippen LogP contribution in [0.1, 0.15) is 20.3 Å². The van der Waals surface area contributed by atoms with Crippen LogP contribution in [0.5, 0.6) is 0 Å². The number of aliphatic carboxylic acids is 1. The first-order valence-corrected chi connectivity index (χ1v) is 6.93. The Hall–Kier alpha value is -1.83. The summed E-state index contributed by atoms with van der Waals surface area (Å²) in [5.74, 6) is -1.27. The number of nitrogens with zero attached hydrogens (tertiary/aromatic N) is 1. The number of rotatable bonds is 5. The van der Waals surface area contributed by atoms with Crippen LogP contribution in [-0.2, 0) is 14.3 Å². The van der Waals surface area contributed by atoms with Crippen LogP contribution in [-0.4, -0.2) is 67.3 Å². The number of urea groups is 1. The van der Waals surface area contributed by atoms with E-state index in [1.807, 2.05) is 0 Å². The number of carboxylic acid groups (broad SMARTS) is 1. The summed E-state index contributed by atoms with van der Waals surface area (Å²) in [7, 11) is 1.49. The van der Waals surface area contributed by atoms with Crippen LogP contribution < -0.4 is 10.6 Å². The zero-order chi connectivity index (χ0) is 16.0. The molecular weight excluding hydrogens is 278 g/mol.